The fourth-order valence-corrected chi connectivity index (χ4v) is 1.02. The zero-order valence-electron chi connectivity index (χ0n) is 6.20. The van der Waals surface area contributed by atoms with Gasteiger partial charge in [0, 0.05) is 12.6 Å². The van der Waals surface area contributed by atoms with Crippen molar-refractivity contribution in [3.8, 4) is 0 Å². The summed E-state index contributed by atoms with van der Waals surface area (Å²) >= 11 is 0. The number of nitrogens with one attached hydrogen (secondary N) is 1. The average Bonchev–Trinajstić information content (AvgIpc) is 2.18. The molecular formula is C6H10N2O3. The van der Waals surface area contributed by atoms with Crippen molar-refractivity contribution in [3.05, 3.63) is 0 Å². The summed E-state index contributed by atoms with van der Waals surface area (Å²) in [6.45, 7) is 2.12. The van der Waals surface area contributed by atoms with Crippen molar-refractivity contribution in [2.24, 2.45) is 0 Å². The molecule has 2 N–H and O–H groups in total. The predicted octanol–water partition coefficient (Wildman–Crippen LogP) is -0.515. The number of carbonyl (C=O) groups is 2. The first kappa shape index (κ1) is 7.84. The second-order valence-corrected chi connectivity index (χ2v) is 2.56. The summed E-state index contributed by atoms with van der Waals surface area (Å²) in [6.07, 6.45) is 0. The Morgan fingerprint density at radius 3 is 2.91 bits per heavy atom. The first-order valence-electron chi connectivity index (χ1n) is 3.37. The van der Waals surface area contributed by atoms with E-state index in [0.29, 0.717) is 6.54 Å². The number of carboxylic acid groups (broad SMARTS) is 1. The first-order chi connectivity index (χ1) is 5.11. The molecule has 0 aliphatic carbocycles. The molecule has 0 aromatic carbocycles. The summed E-state index contributed by atoms with van der Waals surface area (Å²) < 4.78 is 0. The van der Waals surface area contributed by atoms with Gasteiger partial charge in [0.05, 0.1) is 0 Å². The van der Waals surface area contributed by atoms with Crippen LogP contribution in [0.25, 0.3) is 0 Å². The molecule has 1 heterocycles. The van der Waals surface area contributed by atoms with Crippen molar-refractivity contribution in [2.45, 2.75) is 13.0 Å². The van der Waals surface area contributed by atoms with E-state index >= 15 is 0 Å². The Labute approximate surface area is 64.0 Å². The minimum absolute atomic E-state index is 0.0152. The summed E-state index contributed by atoms with van der Waals surface area (Å²) in [7, 11) is 0. The highest BCUT2D eigenvalue weighted by molar-refractivity contribution is 5.81. The van der Waals surface area contributed by atoms with Crippen molar-refractivity contribution in [1.29, 1.82) is 0 Å². The highest BCUT2D eigenvalue weighted by Gasteiger charge is 2.28. The molecular weight excluding hydrogens is 148 g/mol. The van der Waals surface area contributed by atoms with Gasteiger partial charge >= 0.3 is 12.0 Å². The van der Waals surface area contributed by atoms with E-state index in [2.05, 4.69) is 5.32 Å². The van der Waals surface area contributed by atoms with Crippen LogP contribution in [0.4, 0.5) is 4.79 Å². The number of nitrogens with zero attached hydrogens (tertiary/aromatic N) is 1. The van der Waals surface area contributed by atoms with E-state index in [4.69, 9.17) is 5.11 Å². The SMILES string of the molecule is C[C@H]1CNC(=O)N1CC(=O)O. The van der Waals surface area contributed by atoms with Gasteiger partial charge in [-0.1, -0.05) is 0 Å². The third-order valence-electron chi connectivity index (χ3n) is 1.65. The fourth-order valence-electron chi connectivity index (χ4n) is 1.02. The van der Waals surface area contributed by atoms with E-state index in [1.807, 2.05) is 0 Å². The molecule has 0 saturated carbocycles. The third kappa shape index (κ3) is 1.60. The van der Waals surface area contributed by atoms with Crippen molar-refractivity contribution >= 4 is 12.0 Å². The summed E-state index contributed by atoms with van der Waals surface area (Å²) in [6, 6.07) is -0.307. The van der Waals surface area contributed by atoms with Crippen LogP contribution in [0, 0.1) is 0 Å². The zero-order valence-corrected chi connectivity index (χ0v) is 6.20. The van der Waals surface area contributed by atoms with Crippen molar-refractivity contribution in [3.63, 3.8) is 0 Å². The van der Waals surface area contributed by atoms with Crippen LogP contribution in [0.1, 0.15) is 6.92 Å². The molecule has 1 fully saturated rings. The Hall–Kier alpha value is -1.26. The van der Waals surface area contributed by atoms with E-state index in [9.17, 15) is 9.59 Å². The van der Waals surface area contributed by atoms with E-state index in [0.717, 1.165) is 0 Å². The lowest BCUT2D eigenvalue weighted by Gasteiger charge is -2.16. The molecule has 5 heteroatoms. The minimum Gasteiger partial charge on any atom is -0.480 e. The van der Waals surface area contributed by atoms with Crippen LogP contribution >= 0.6 is 0 Å². The molecule has 5 nitrogen and oxygen atoms in total. The van der Waals surface area contributed by atoms with Crippen LogP contribution < -0.4 is 5.32 Å². The summed E-state index contributed by atoms with van der Waals surface area (Å²) in [5.41, 5.74) is 0. The van der Waals surface area contributed by atoms with Gasteiger partial charge in [0.15, 0.2) is 0 Å². The maximum Gasteiger partial charge on any atom is 0.323 e. The Morgan fingerprint density at radius 2 is 2.55 bits per heavy atom. The largest absolute Gasteiger partial charge is 0.480 e. The molecule has 0 radical (unpaired) electrons. The average molecular weight is 158 g/mol. The molecule has 2 amide bonds. The number of hydrogen-bond donors (Lipinski definition) is 2. The number of aliphatic carboxylic acids is 1. The lowest BCUT2D eigenvalue weighted by molar-refractivity contribution is -0.137. The van der Waals surface area contributed by atoms with Crippen LogP contribution in [-0.2, 0) is 4.79 Å². The summed E-state index contributed by atoms with van der Waals surface area (Å²) in [5.74, 6) is -0.978. The molecule has 0 bridgehead atoms. The minimum atomic E-state index is -0.978. The van der Waals surface area contributed by atoms with Crippen LogP contribution in [0.15, 0.2) is 0 Å². The van der Waals surface area contributed by atoms with Gasteiger partial charge in [-0.15, -0.1) is 0 Å². The van der Waals surface area contributed by atoms with Gasteiger partial charge in [-0.25, -0.2) is 4.79 Å². The number of carbonyl (C=O) groups excluding carboxylic acids is 1. The summed E-state index contributed by atoms with van der Waals surface area (Å²) in [5, 5.41) is 10.9. The zero-order chi connectivity index (χ0) is 8.43. The molecule has 0 spiro atoms. The Morgan fingerprint density at radius 1 is 1.91 bits per heavy atom. The maximum absolute atomic E-state index is 10.9. The lowest BCUT2D eigenvalue weighted by Crippen LogP contribution is -2.36. The van der Waals surface area contributed by atoms with Crippen LogP contribution in [-0.4, -0.2) is 41.1 Å². The smallest absolute Gasteiger partial charge is 0.323 e. The quantitative estimate of drug-likeness (QED) is 0.568. The van der Waals surface area contributed by atoms with Crippen molar-refractivity contribution in [1.82, 2.24) is 10.2 Å². The van der Waals surface area contributed by atoms with E-state index in [1.54, 1.807) is 6.92 Å². The highest BCUT2D eigenvalue weighted by atomic mass is 16.4. The molecule has 1 atom stereocenters. The van der Waals surface area contributed by atoms with Gasteiger partial charge in [-0.2, -0.15) is 0 Å². The normalized spacial score (nSPS) is 23.5. The van der Waals surface area contributed by atoms with Crippen LogP contribution in [0.2, 0.25) is 0 Å². The summed E-state index contributed by atoms with van der Waals surface area (Å²) in [4.78, 5) is 22.4. The van der Waals surface area contributed by atoms with Gasteiger partial charge in [0.1, 0.15) is 6.54 Å². The van der Waals surface area contributed by atoms with Crippen molar-refractivity contribution in [2.75, 3.05) is 13.1 Å². The van der Waals surface area contributed by atoms with Gasteiger partial charge in [-0.05, 0) is 6.92 Å². The number of urea groups is 1. The second-order valence-electron chi connectivity index (χ2n) is 2.56. The molecule has 1 saturated heterocycles. The van der Waals surface area contributed by atoms with Gasteiger partial charge < -0.3 is 15.3 Å². The molecule has 1 aliphatic rings. The number of carboxylic acids is 1. The molecule has 11 heavy (non-hydrogen) atoms. The van der Waals surface area contributed by atoms with Gasteiger partial charge in [0.2, 0.25) is 0 Å². The van der Waals surface area contributed by atoms with E-state index < -0.39 is 5.97 Å². The molecule has 0 unspecified atom stereocenters. The van der Waals surface area contributed by atoms with Gasteiger partial charge in [0.25, 0.3) is 0 Å². The fraction of sp³-hybridized carbons (Fsp3) is 0.667. The topological polar surface area (TPSA) is 69.6 Å². The number of amides is 2. The Bertz CT molecular complexity index is 192. The maximum atomic E-state index is 10.9. The Kier molecular flexibility index (Phi) is 1.98. The molecule has 1 aliphatic heterocycles. The second kappa shape index (κ2) is 2.77. The molecule has 1 rings (SSSR count). The monoisotopic (exact) mass is 158 g/mol. The molecule has 0 aromatic rings. The van der Waals surface area contributed by atoms with Crippen LogP contribution in [0.5, 0.6) is 0 Å². The van der Waals surface area contributed by atoms with E-state index in [1.165, 1.54) is 4.90 Å². The predicted molar refractivity (Wildman–Crippen MR) is 37.2 cm³/mol. The number of hydrogen-bond acceptors (Lipinski definition) is 2. The van der Waals surface area contributed by atoms with Crippen molar-refractivity contribution < 1.29 is 14.7 Å². The highest BCUT2D eigenvalue weighted by Crippen LogP contribution is 2.04. The van der Waals surface area contributed by atoms with Crippen LogP contribution in [0.3, 0.4) is 0 Å². The molecule has 0 aromatic heterocycles. The number of rotatable bonds is 2. The Balaban J connectivity index is 2.54. The van der Waals surface area contributed by atoms with Gasteiger partial charge in [-0.3, -0.25) is 4.79 Å². The standard InChI is InChI=1S/C6H10N2O3/c1-4-2-7-6(11)8(4)3-5(9)10/h4H,2-3H2,1H3,(H,7,11)(H,9,10)/t4-/m0/s1. The third-order valence-corrected chi connectivity index (χ3v) is 1.65. The molecule has 62 valence electrons. The van der Waals surface area contributed by atoms with E-state index in [-0.39, 0.29) is 18.6 Å². The first-order valence-corrected chi connectivity index (χ1v) is 3.37. The lowest BCUT2D eigenvalue weighted by atomic mass is 10.3.